The third-order valence-corrected chi connectivity index (χ3v) is 5.51. The number of nitro benzene ring substituents is 1. The minimum Gasteiger partial charge on any atom is -0.443 e. The molecule has 6 heteroatoms. The van der Waals surface area contributed by atoms with Crippen LogP contribution in [-0.2, 0) is 0 Å². The molecule has 0 aliphatic carbocycles. The lowest BCUT2D eigenvalue weighted by Gasteiger charge is -2.39. The number of imidazole rings is 1. The Balaban J connectivity index is 0.000000304. The van der Waals surface area contributed by atoms with E-state index in [1.54, 1.807) is 6.07 Å². The number of nitro groups is 1. The number of aromatic nitrogens is 2. The van der Waals surface area contributed by atoms with Crippen LogP contribution in [0.1, 0.15) is 79.1 Å². The van der Waals surface area contributed by atoms with Gasteiger partial charge < -0.3 is 14.5 Å². The van der Waals surface area contributed by atoms with Gasteiger partial charge in [0.2, 0.25) is 0 Å². The van der Waals surface area contributed by atoms with Gasteiger partial charge in [0.05, 0.1) is 31.1 Å². The normalized spacial score (nSPS) is 11.3. The minimum atomic E-state index is -0.450. The number of unbranched alkanes of at least 4 members (excludes halogenated alkanes) is 4. The maximum absolute atomic E-state index is 10.3. The summed E-state index contributed by atoms with van der Waals surface area (Å²) in [4.78, 5) is 17.6. The van der Waals surface area contributed by atoms with Gasteiger partial charge >= 0.3 is 0 Å². The molecule has 0 atom stereocenters. The van der Waals surface area contributed by atoms with Crippen molar-refractivity contribution in [2.75, 3.05) is 26.2 Å². The molecule has 0 N–H and O–H groups in total. The number of hydrogen-bond acceptors (Lipinski definition) is 3. The van der Waals surface area contributed by atoms with E-state index in [4.69, 9.17) is 0 Å². The molecule has 1 aromatic carbocycles. The highest BCUT2D eigenvalue weighted by atomic mass is 16.6. The summed E-state index contributed by atoms with van der Waals surface area (Å²) in [6, 6.07) is 4.40. The molecule has 2 rings (SSSR count). The van der Waals surface area contributed by atoms with E-state index in [-0.39, 0.29) is 5.69 Å². The smallest absolute Gasteiger partial charge is 0.269 e. The largest absolute Gasteiger partial charge is 0.443 e. The first kappa shape index (κ1) is 25.1. The van der Waals surface area contributed by atoms with Crippen LogP contribution in [0.15, 0.2) is 24.5 Å². The van der Waals surface area contributed by atoms with E-state index in [0.717, 1.165) is 0 Å². The first-order valence-electron chi connectivity index (χ1n) is 11.4. The average molecular weight is 405 g/mol. The van der Waals surface area contributed by atoms with Crippen LogP contribution in [0, 0.1) is 10.1 Å². The third kappa shape index (κ3) is 8.94. The number of fused-ring (bicyclic) bond motifs is 1. The Hall–Kier alpha value is -1.95. The number of hydrogen-bond donors (Lipinski definition) is 0. The average Bonchev–Trinajstić information content (AvgIpc) is 3.21. The van der Waals surface area contributed by atoms with E-state index < -0.39 is 4.92 Å². The molecule has 0 radical (unpaired) electrons. The summed E-state index contributed by atoms with van der Waals surface area (Å²) in [6.45, 7) is 15.0. The van der Waals surface area contributed by atoms with Crippen molar-refractivity contribution in [2.24, 2.45) is 0 Å². The molecule has 0 unspecified atom stereocenters. The van der Waals surface area contributed by atoms with Gasteiger partial charge in [-0.2, -0.15) is 0 Å². The first-order valence-corrected chi connectivity index (χ1v) is 11.4. The van der Waals surface area contributed by atoms with Crippen molar-refractivity contribution in [3.05, 3.63) is 34.6 Å². The molecule has 2 aromatic rings. The Bertz CT molecular complexity index is 661. The topological polar surface area (TPSA) is 70.1 Å². The molecule has 0 fully saturated rings. The SMILES string of the molecule is CCCC[N+](CCCC)(CCCC)CCCC.O=[N+]([O-])c1ccc2[n-]cnc2c1. The molecule has 1 aromatic heterocycles. The van der Waals surface area contributed by atoms with Gasteiger partial charge in [-0.15, -0.1) is 0 Å². The van der Waals surface area contributed by atoms with E-state index >= 15 is 0 Å². The Morgan fingerprint density at radius 3 is 1.79 bits per heavy atom. The predicted molar refractivity (Wildman–Crippen MR) is 121 cm³/mol. The number of rotatable bonds is 13. The fourth-order valence-electron chi connectivity index (χ4n) is 3.64. The zero-order chi connectivity index (χ0) is 21.5. The lowest BCUT2D eigenvalue weighted by molar-refractivity contribution is -0.929. The molecular weight excluding hydrogens is 364 g/mol. The number of non-ortho nitro benzene ring substituents is 1. The molecule has 29 heavy (non-hydrogen) atoms. The summed E-state index contributed by atoms with van der Waals surface area (Å²) in [6.07, 6.45) is 12.4. The fraction of sp³-hybridized carbons (Fsp3) is 0.696. The second-order valence-electron chi connectivity index (χ2n) is 7.95. The molecular formula is C23H40N4O2. The van der Waals surface area contributed by atoms with Crippen LogP contribution in [0.2, 0.25) is 0 Å². The fourth-order valence-corrected chi connectivity index (χ4v) is 3.64. The zero-order valence-corrected chi connectivity index (χ0v) is 18.9. The van der Waals surface area contributed by atoms with Crippen LogP contribution in [0.4, 0.5) is 5.69 Å². The van der Waals surface area contributed by atoms with Crippen molar-refractivity contribution < 1.29 is 9.41 Å². The van der Waals surface area contributed by atoms with Crippen molar-refractivity contribution >= 4 is 16.7 Å². The van der Waals surface area contributed by atoms with E-state index in [1.165, 1.54) is 100 Å². The second-order valence-corrected chi connectivity index (χ2v) is 7.95. The van der Waals surface area contributed by atoms with Gasteiger partial charge in [-0.25, -0.2) is 0 Å². The van der Waals surface area contributed by atoms with Crippen LogP contribution in [0.3, 0.4) is 0 Å². The van der Waals surface area contributed by atoms with Crippen molar-refractivity contribution in [1.82, 2.24) is 9.97 Å². The van der Waals surface area contributed by atoms with Gasteiger partial charge in [-0.05, 0) is 36.7 Å². The Labute approximate surface area is 176 Å². The molecule has 6 nitrogen and oxygen atoms in total. The van der Waals surface area contributed by atoms with Crippen molar-refractivity contribution in [3.63, 3.8) is 0 Å². The van der Waals surface area contributed by atoms with Crippen LogP contribution >= 0.6 is 0 Å². The molecule has 1 heterocycles. The lowest BCUT2D eigenvalue weighted by atomic mass is 10.1. The third-order valence-electron chi connectivity index (χ3n) is 5.51. The molecule has 0 aliphatic heterocycles. The Kier molecular flexibility index (Phi) is 12.2. The maximum Gasteiger partial charge on any atom is 0.269 e. The predicted octanol–water partition coefficient (Wildman–Crippen LogP) is 6.10. The quantitative estimate of drug-likeness (QED) is 0.230. The van der Waals surface area contributed by atoms with Gasteiger partial charge in [-0.1, -0.05) is 65.8 Å². The van der Waals surface area contributed by atoms with Crippen LogP contribution in [0.5, 0.6) is 0 Å². The lowest BCUT2D eigenvalue weighted by Crippen LogP contribution is -2.50. The monoisotopic (exact) mass is 404 g/mol. The highest BCUT2D eigenvalue weighted by molar-refractivity contribution is 5.76. The molecule has 0 amide bonds. The molecule has 0 saturated carbocycles. The Morgan fingerprint density at radius 2 is 1.38 bits per heavy atom. The highest BCUT2D eigenvalue weighted by Crippen LogP contribution is 2.17. The van der Waals surface area contributed by atoms with Crippen molar-refractivity contribution in [2.45, 2.75) is 79.1 Å². The van der Waals surface area contributed by atoms with E-state index in [2.05, 4.69) is 37.7 Å². The van der Waals surface area contributed by atoms with Crippen LogP contribution in [-0.4, -0.2) is 40.6 Å². The van der Waals surface area contributed by atoms with E-state index in [1.807, 2.05) is 0 Å². The summed E-state index contributed by atoms with van der Waals surface area (Å²) in [5.41, 5.74) is 1.29. The van der Waals surface area contributed by atoms with Crippen LogP contribution in [0.25, 0.3) is 11.0 Å². The van der Waals surface area contributed by atoms with Crippen molar-refractivity contribution in [1.29, 1.82) is 0 Å². The van der Waals surface area contributed by atoms with Gasteiger partial charge in [-0.3, -0.25) is 10.1 Å². The maximum atomic E-state index is 10.3. The van der Waals surface area contributed by atoms with Gasteiger partial charge in [0.1, 0.15) is 0 Å². The number of nitrogens with zero attached hydrogens (tertiary/aromatic N) is 4. The summed E-state index contributed by atoms with van der Waals surface area (Å²) in [5.74, 6) is 0. The second kappa shape index (κ2) is 14.1. The standard InChI is InChI=1S/C16H36N.C7H4N3O2/c1-5-9-13-17(14-10-6-2,15-11-7-3)16-12-8-4;11-10(12)5-1-2-6-7(3-5)9-4-8-6/h5-16H2,1-4H3;1-4H/q+1;-1. The van der Waals surface area contributed by atoms with E-state index in [9.17, 15) is 10.1 Å². The molecule has 164 valence electrons. The van der Waals surface area contributed by atoms with Crippen molar-refractivity contribution in [3.8, 4) is 0 Å². The zero-order valence-electron chi connectivity index (χ0n) is 18.9. The summed E-state index contributed by atoms with van der Waals surface area (Å²) in [7, 11) is 0. The Morgan fingerprint density at radius 1 is 0.897 bits per heavy atom. The number of benzene rings is 1. The van der Waals surface area contributed by atoms with Gasteiger partial charge in [0.25, 0.3) is 5.69 Å². The minimum absolute atomic E-state index is 0.0444. The molecule has 0 spiro atoms. The van der Waals surface area contributed by atoms with Gasteiger partial charge in [0, 0.05) is 12.1 Å². The summed E-state index contributed by atoms with van der Waals surface area (Å²) in [5, 5.41) is 10.3. The van der Waals surface area contributed by atoms with E-state index in [0.29, 0.717) is 11.0 Å². The molecule has 0 aliphatic rings. The first-order chi connectivity index (χ1) is 14.0. The number of quaternary nitrogens is 1. The molecule has 0 bridgehead atoms. The molecule has 0 saturated heterocycles. The summed E-state index contributed by atoms with van der Waals surface area (Å²) < 4.78 is 1.42. The highest BCUT2D eigenvalue weighted by Gasteiger charge is 2.24. The summed E-state index contributed by atoms with van der Waals surface area (Å²) >= 11 is 0. The van der Waals surface area contributed by atoms with Gasteiger partial charge in [0.15, 0.2) is 0 Å². The van der Waals surface area contributed by atoms with Crippen LogP contribution < -0.4 is 4.98 Å².